The van der Waals surface area contributed by atoms with E-state index in [9.17, 15) is 9.90 Å². The summed E-state index contributed by atoms with van der Waals surface area (Å²) in [6.07, 6.45) is 12.1. The number of rotatable bonds is 1. The van der Waals surface area contributed by atoms with Gasteiger partial charge in [-0.15, -0.1) is 0 Å². The van der Waals surface area contributed by atoms with Gasteiger partial charge in [-0.05, 0) is 113 Å². The normalized spacial score (nSPS) is 55.6. The monoisotopic (exact) mass is 346 g/mol. The molecular weight excluding hydrogens is 308 g/mol. The first kappa shape index (κ1) is 18.0. The van der Waals surface area contributed by atoms with Crippen LogP contribution in [0.5, 0.6) is 0 Å². The molecule has 0 amide bonds. The van der Waals surface area contributed by atoms with E-state index in [2.05, 4.69) is 20.8 Å². The molecule has 1 N–H and O–H groups in total. The summed E-state index contributed by atoms with van der Waals surface area (Å²) in [7, 11) is 0. The Morgan fingerprint density at radius 3 is 2.24 bits per heavy atom. The van der Waals surface area contributed by atoms with E-state index in [1.165, 1.54) is 44.9 Å². The van der Waals surface area contributed by atoms with Gasteiger partial charge in [0.25, 0.3) is 0 Å². The molecule has 2 heteroatoms. The number of hydrogen-bond acceptors (Lipinski definition) is 2. The molecule has 0 radical (unpaired) electrons. The van der Waals surface area contributed by atoms with Crippen molar-refractivity contribution in [1.29, 1.82) is 0 Å². The number of carbonyl (C=O) groups excluding carboxylic acids is 1. The molecule has 142 valence electrons. The van der Waals surface area contributed by atoms with E-state index in [1.807, 2.05) is 6.92 Å². The molecule has 0 aromatic rings. The summed E-state index contributed by atoms with van der Waals surface area (Å²) in [6, 6.07) is 0. The first-order valence-corrected chi connectivity index (χ1v) is 10.9. The molecular formula is C23H38O2. The Balaban J connectivity index is 1.62. The first-order chi connectivity index (χ1) is 11.7. The molecule has 4 saturated carbocycles. The molecule has 4 aliphatic carbocycles. The summed E-state index contributed by atoms with van der Waals surface area (Å²) < 4.78 is 0. The van der Waals surface area contributed by atoms with E-state index in [0.717, 1.165) is 42.9 Å². The summed E-state index contributed by atoms with van der Waals surface area (Å²) in [5.74, 6) is 3.97. The minimum Gasteiger partial charge on any atom is -0.390 e. The van der Waals surface area contributed by atoms with Crippen molar-refractivity contribution in [2.45, 2.75) is 97.5 Å². The average molecular weight is 347 g/mol. The number of hydrogen-bond donors (Lipinski definition) is 1. The van der Waals surface area contributed by atoms with Crippen LogP contribution in [0.25, 0.3) is 0 Å². The maximum absolute atomic E-state index is 12.2. The zero-order valence-corrected chi connectivity index (χ0v) is 16.8. The number of Topliss-reactive ketones (excluding diaryl/α,β-unsaturated/α-hetero) is 1. The fourth-order valence-electron chi connectivity index (χ4n) is 8.22. The SMILES string of the molecule is CC(=O)[C@H]1CC[C@H]2[C@@H]3CC[C@H]4CC[C@](C)(O)CC[C@]4(C)[C@H]3CC[C@]12C. The highest BCUT2D eigenvalue weighted by Gasteiger charge is 2.60. The average Bonchev–Trinajstić information content (AvgIpc) is 2.84. The molecule has 2 nitrogen and oxygen atoms in total. The van der Waals surface area contributed by atoms with Crippen LogP contribution in [0.3, 0.4) is 0 Å². The van der Waals surface area contributed by atoms with E-state index in [-0.39, 0.29) is 5.41 Å². The third kappa shape index (κ3) is 2.65. The van der Waals surface area contributed by atoms with E-state index in [0.29, 0.717) is 17.1 Å². The molecule has 0 unspecified atom stereocenters. The lowest BCUT2D eigenvalue weighted by Crippen LogP contribution is -2.52. The lowest BCUT2D eigenvalue weighted by atomic mass is 9.46. The maximum atomic E-state index is 12.2. The van der Waals surface area contributed by atoms with E-state index in [4.69, 9.17) is 0 Å². The Bertz CT molecular complexity index is 552. The van der Waals surface area contributed by atoms with Crippen LogP contribution in [0.1, 0.15) is 91.9 Å². The third-order valence-corrected chi connectivity index (χ3v) is 9.79. The van der Waals surface area contributed by atoms with Crippen LogP contribution in [0.2, 0.25) is 0 Å². The van der Waals surface area contributed by atoms with Gasteiger partial charge in [0.2, 0.25) is 0 Å². The Morgan fingerprint density at radius 2 is 1.52 bits per heavy atom. The second-order valence-corrected chi connectivity index (χ2v) is 11.0. The number of carbonyl (C=O) groups is 1. The fraction of sp³-hybridized carbons (Fsp3) is 0.957. The zero-order chi connectivity index (χ0) is 18.0. The standard InChI is InChI=1S/C23H38O2/c1-15(24)18-7-8-19-17-6-5-16-9-11-21(2,25)13-14-22(16,3)20(17)10-12-23(18,19)4/h16-20,25H,5-14H2,1-4H3/t16-,17-,18+,19-,20-,21-,22-,23+/m0/s1. The fourth-order valence-corrected chi connectivity index (χ4v) is 8.22. The summed E-state index contributed by atoms with van der Waals surface area (Å²) in [5.41, 5.74) is 0.234. The number of ketones is 1. The van der Waals surface area contributed by atoms with Crippen molar-refractivity contribution < 1.29 is 9.90 Å². The summed E-state index contributed by atoms with van der Waals surface area (Å²) in [5, 5.41) is 10.7. The van der Waals surface area contributed by atoms with Crippen LogP contribution in [-0.2, 0) is 4.79 Å². The van der Waals surface area contributed by atoms with Gasteiger partial charge in [0.1, 0.15) is 5.78 Å². The van der Waals surface area contributed by atoms with Gasteiger partial charge >= 0.3 is 0 Å². The maximum Gasteiger partial charge on any atom is 0.133 e. The Morgan fingerprint density at radius 1 is 0.800 bits per heavy atom. The highest BCUT2D eigenvalue weighted by Crippen LogP contribution is 2.67. The van der Waals surface area contributed by atoms with E-state index in [1.54, 1.807) is 0 Å². The highest BCUT2D eigenvalue weighted by molar-refractivity contribution is 5.79. The molecule has 0 saturated heterocycles. The van der Waals surface area contributed by atoms with Crippen LogP contribution >= 0.6 is 0 Å². The predicted molar refractivity (Wildman–Crippen MR) is 101 cm³/mol. The van der Waals surface area contributed by atoms with Crippen molar-refractivity contribution in [3.8, 4) is 0 Å². The van der Waals surface area contributed by atoms with Gasteiger partial charge in [0.05, 0.1) is 5.60 Å². The second-order valence-electron chi connectivity index (χ2n) is 11.0. The molecule has 8 atom stereocenters. The van der Waals surface area contributed by atoms with E-state index < -0.39 is 5.60 Å². The molecule has 25 heavy (non-hydrogen) atoms. The number of fused-ring (bicyclic) bond motifs is 5. The molecule has 4 aliphatic rings. The van der Waals surface area contributed by atoms with E-state index >= 15 is 0 Å². The van der Waals surface area contributed by atoms with Gasteiger partial charge in [-0.2, -0.15) is 0 Å². The molecule has 4 rings (SSSR count). The van der Waals surface area contributed by atoms with Crippen LogP contribution in [0.4, 0.5) is 0 Å². The highest BCUT2D eigenvalue weighted by atomic mass is 16.3. The van der Waals surface area contributed by atoms with Gasteiger partial charge in [0, 0.05) is 5.92 Å². The minimum atomic E-state index is -0.452. The van der Waals surface area contributed by atoms with Crippen LogP contribution in [0.15, 0.2) is 0 Å². The van der Waals surface area contributed by atoms with Crippen molar-refractivity contribution in [3.63, 3.8) is 0 Å². The van der Waals surface area contributed by atoms with Gasteiger partial charge in [-0.25, -0.2) is 0 Å². The molecule has 0 aromatic heterocycles. The summed E-state index contributed by atoms with van der Waals surface area (Å²) >= 11 is 0. The van der Waals surface area contributed by atoms with Crippen molar-refractivity contribution in [2.24, 2.45) is 40.4 Å². The Hall–Kier alpha value is -0.370. The van der Waals surface area contributed by atoms with Crippen molar-refractivity contribution in [3.05, 3.63) is 0 Å². The largest absolute Gasteiger partial charge is 0.390 e. The molecule has 0 spiro atoms. The topological polar surface area (TPSA) is 37.3 Å². The van der Waals surface area contributed by atoms with Crippen molar-refractivity contribution >= 4 is 5.78 Å². The van der Waals surface area contributed by atoms with Gasteiger partial charge in [-0.3, -0.25) is 4.79 Å². The molecule has 4 fully saturated rings. The quantitative estimate of drug-likeness (QED) is 0.692. The van der Waals surface area contributed by atoms with Crippen molar-refractivity contribution in [2.75, 3.05) is 0 Å². The van der Waals surface area contributed by atoms with Gasteiger partial charge < -0.3 is 5.11 Å². The lowest BCUT2D eigenvalue weighted by molar-refractivity contribution is -0.131. The molecule has 0 aromatic carbocycles. The van der Waals surface area contributed by atoms with Crippen LogP contribution in [-0.4, -0.2) is 16.5 Å². The number of aliphatic hydroxyl groups is 1. The van der Waals surface area contributed by atoms with Gasteiger partial charge in [-0.1, -0.05) is 13.8 Å². The smallest absolute Gasteiger partial charge is 0.133 e. The molecule has 0 heterocycles. The zero-order valence-electron chi connectivity index (χ0n) is 16.8. The first-order valence-electron chi connectivity index (χ1n) is 10.9. The predicted octanol–water partition coefficient (Wildman–Crippen LogP) is 5.38. The lowest BCUT2D eigenvalue weighted by Gasteiger charge is -2.59. The minimum absolute atomic E-state index is 0.270. The molecule has 0 aliphatic heterocycles. The van der Waals surface area contributed by atoms with Gasteiger partial charge in [0.15, 0.2) is 0 Å². The van der Waals surface area contributed by atoms with Crippen LogP contribution < -0.4 is 0 Å². The third-order valence-electron chi connectivity index (χ3n) is 9.79. The van der Waals surface area contributed by atoms with Crippen LogP contribution in [0, 0.1) is 40.4 Å². The molecule has 0 bridgehead atoms. The summed E-state index contributed by atoms with van der Waals surface area (Å²) in [4.78, 5) is 12.2. The van der Waals surface area contributed by atoms with Crippen molar-refractivity contribution in [1.82, 2.24) is 0 Å². The second kappa shape index (κ2) is 5.81. The Kier molecular flexibility index (Phi) is 4.19. The summed E-state index contributed by atoms with van der Waals surface area (Å²) in [6.45, 7) is 8.89. The Labute approximate surface area is 154 Å².